The van der Waals surface area contributed by atoms with Crippen LogP contribution in [0.1, 0.15) is 5.56 Å². The van der Waals surface area contributed by atoms with Crippen molar-refractivity contribution in [3.05, 3.63) is 84.1 Å². The van der Waals surface area contributed by atoms with Crippen LogP contribution in [0.2, 0.25) is 0 Å². The lowest BCUT2D eigenvalue weighted by Gasteiger charge is -2.30. The lowest BCUT2D eigenvalue weighted by atomic mass is 9.93. The molecule has 1 aliphatic heterocycles. The van der Waals surface area contributed by atoms with Crippen molar-refractivity contribution in [1.82, 2.24) is 5.32 Å². The molecule has 3 atom stereocenters. The Kier molecular flexibility index (Phi) is 4.92. The fourth-order valence-corrected chi connectivity index (χ4v) is 4.19. The van der Waals surface area contributed by atoms with Gasteiger partial charge in [0.2, 0.25) is 0 Å². The molecule has 6 heteroatoms. The van der Waals surface area contributed by atoms with Crippen LogP contribution in [-0.4, -0.2) is 43.5 Å². The summed E-state index contributed by atoms with van der Waals surface area (Å²) in [6, 6.07) is 19.0. The molecule has 0 radical (unpaired) electrons. The smallest absolute Gasteiger partial charge is 0.292 e. The van der Waals surface area contributed by atoms with Gasteiger partial charge in [0.1, 0.15) is 11.9 Å². The summed E-state index contributed by atoms with van der Waals surface area (Å²) < 4.78 is 10.7. The van der Waals surface area contributed by atoms with E-state index < -0.39 is 12.3 Å². The predicted octanol–water partition coefficient (Wildman–Crippen LogP) is 3.75. The van der Waals surface area contributed by atoms with Gasteiger partial charge in [-0.05, 0) is 39.8 Å². The average molecular weight is 413 g/mol. The first-order valence-corrected chi connectivity index (χ1v) is 10.2. The van der Waals surface area contributed by atoms with E-state index in [1.54, 1.807) is 20.3 Å². The van der Waals surface area contributed by atoms with Crippen molar-refractivity contribution in [1.29, 1.82) is 0 Å². The number of hydrogen-bond donors (Lipinski definition) is 2. The predicted molar refractivity (Wildman–Crippen MR) is 123 cm³/mol. The number of aliphatic hydroxyl groups excluding tert-OH is 1. The Labute approximate surface area is 180 Å². The molecule has 6 nitrogen and oxygen atoms in total. The quantitative estimate of drug-likeness (QED) is 0.642. The lowest BCUT2D eigenvalue weighted by molar-refractivity contribution is 0.145. The zero-order chi connectivity index (χ0) is 21.4. The number of nitrogens with one attached hydrogen (secondary N) is 1. The maximum Gasteiger partial charge on any atom is 0.292 e. The third-order valence-electron chi connectivity index (χ3n) is 5.75. The summed E-state index contributed by atoms with van der Waals surface area (Å²) in [4.78, 5) is 9.51. The standard InChI is InChI=1S/C25H23N3O3/c1-30-16-11-12-20(22(29)14-16)23-26-24(28-25(27-23)31-2)21-13-15-7-3-4-8-17(15)18-9-5-6-10-19(18)21/h3-14,20,22-23,29H,1-2H3,(H,26,27,28). The second-order valence-electron chi connectivity index (χ2n) is 7.55. The van der Waals surface area contributed by atoms with E-state index in [1.165, 1.54) is 5.39 Å². The number of methoxy groups -OCH3 is 2. The average Bonchev–Trinajstić information content (AvgIpc) is 2.83. The van der Waals surface area contributed by atoms with Gasteiger partial charge in [-0.3, -0.25) is 0 Å². The van der Waals surface area contributed by atoms with E-state index in [0.29, 0.717) is 17.6 Å². The van der Waals surface area contributed by atoms with Crippen LogP contribution in [0.5, 0.6) is 0 Å². The fourth-order valence-electron chi connectivity index (χ4n) is 4.19. The summed E-state index contributed by atoms with van der Waals surface area (Å²) in [5.74, 6) is 0.913. The van der Waals surface area contributed by atoms with E-state index in [-0.39, 0.29) is 5.92 Å². The van der Waals surface area contributed by atoms with Gasteiger partial charge in [0, 0.05) is 11.5 Å². The summed E-state index contributed by atoms with van der Waals surface area (Å²) in [6.07, 6.45) is 4.25. The van der Waals surface area contributed by atoms with Gasteiger partial charge in [-0.15, -0.1) is 0 Å². The zero-order valence-corrected chi connectivity index (χ0v) is 17.3. The van der Waals surface area contributed by atoms with E-state index in [0.717, 1.165) is 21.7 Å². The van der Waals surface area contributed by atoms with Crippen LogP contribution >= 0.6 is 0 Å². The topological polar surface area (TPSA) is 75.4 Å². The Bertz CT molecular complexity index is 1280. The van der Waals surface area contributed by atoms with Crippen LogP contribution < -0.4 is 5.32 Å². The third kappa shape index (κ3) is 3.45. The van der Waals surface area contributed by atoms with Gasteiger partial charge in [0.15, 0.2) is 5.84 Å². The van der Waals surface area contributed by atoms with Crippen molar-refractivity contribution in [3.63, 3.8) is 0 Å². The number of nitrogens with zero attached hydrogens (tertiary/aromatic N) is 2. The first-order valence-electron chi connectivity index (χ1n) is 10.2. The van der Waals surface area contributed by atoms with E-state index >= 15 is 0 Å². The number of aliphatic imine (C=N–C) groups is 2. The number of benzene rings is 3. The molecule has 2 N–H and O–H groups in total. The molecule has 0 spiro atoms. The summed E-state index contributed by atoms with van der Waals surface area (Å²) in [5.41, 5.74) is 0.928. The minimum Gasteiger partial charge on any atom is -0.497 e. The summed E-state index contributed by atoms with van der Waals surface area (Å²) in [6.45, 7) is 0. The SMILES string of the molecule is COC1=CC(O)C(C2N=C(c3cc4ccccc4c4ccccc34)N=C(OC)N2)C=C1. The van der Waals surface area contributed by atoms with Gasteiger partial charge in [0.25, 0.3) is 6.02 Å². The van der Waals surface area contributed by atoms with E-state index in [4.69, 9.17) is 14.5 Å². The number of amidine groups is 2. The summed E-state index contributed by atoms with van der Waals surface area (Å²) in [7, 11) is 3.15. The molecule has 0 fully saturated rings. The van der Waals surface area contributed by atoms with E-state index in [9.17, 15) is 5.11 Å². The Hall–Kier alpha value is -3.64. The first-order chi connectivity index (χ1) is 15.2. The van der Waals surface area contributed by atoms with E-state index in [1.807, 2.05) is 36.4 Å². The highest BCUT2D eigenvalue weighted by atomic mass is 16.5. The monoisotopic (exact) mass is 413 g/mol. The highest BCUT2D eigenvalue weighted by Crippen LogP contribution is 2.31. The molecule has 1 heterocycles. The summed E-state index contributed by atoms with van der Waals surface area (Å²) >= 11 is 0. The van der Waals surface area contributed by atoms with Crippen LogP contribution in [0.3, 0.4) is 0 Å². The maximum atomic E-state index is 10.7. The van der Waals surface area contributed by atoms with Gasteiger partial charge in [-0.1, -0.05) is 54.6 Å². The van der Waals surface area contributed by atoms with Crippen molar-refractivity contribution in [3.8, 4) is 0 Å². The van der Waals surface area contributed by atoms with E-state index in [2.05, 4.69) is 40.6 Å². The molecule has 0 amide bonds. The molecule has 2 aliphatic rings. The second kappa shape index (κ2) is 7.89. The van der Waals surface area contributed by atoms with Crippen molar-refractivity contribution < 1.29 is 14.6 Å². The Morgan fingerprint density at radius 1 is 0.935 bits per heavy atom. The molecule has 0 aromatic heterocycles. The van der Waals surface area contributed by atoms with Crippen LogP contribution in [0.25, 0.3) is 21.5 Å². The minimum absolute atomic E-state index is 0.290. The van der Waals surface area contributed by atoms with Crippen LogP contribution in [-0.2, 0) is 9.47 Å². The van der Waals surface area contributed by atoms with Gasteiger partial charge in [-0.25, -0.2) is 4.99 Å². The van der Waals surface area contributed by atoms with Crippen molar-refractivity contribution in [2.75, 3.05) is 14.2 Å². The first kappa shape index (κ1) is 19.3. The van der Waals surface area contributed by atoms with Crippen molar-refractivity contribution in [2.45, 2.75) is 12.3 Å². The fraction of sp³-hybridized carbons (Fsp3) is 0.200. The van der Waals surface area contributed by atoms with Gasteiger partial charge >= 0.3 is 0 Å². The van der Waals surface area contributed by atoms with Crippen molar-refractivity contribution >= 4 is 33.4 Å². The molecule has 156 valence electrons. The molecule has 0 saturated carbocycles. The molecular weight excluding hydrogens is 390 g/mol. The van der Waals surface area contributed by atoms with Crippen LogP contribution in [0.4, 0.5) is 0 Å². The van der Waals surface area contributed by atoms with Gasteiger partial charge < -0.3 is 19.9 Å². The Balaban J connectivity index is 1.64. The molecule has 0 saturated heterocycles. The Morgan fingerprint density at radius 3 is 2.42 bits per heavy atom. The molecule has 1 aliphatic carbocycles. The number of aliphatic hydroxyl groups is 1. The molecular formula is C25H23N3O3. The van der Waals surface area contributed by atoms with Crippen LogP contribution in [0, 0.1) is 5.92 Å². The molecule has 3 aromatic rings. The zero-order valence-electron chi connectivity index (χ0n) is 17.3. The maximum absolute atomic E-state index is 10.7. The normalized spacial score (nSPS) is 23.1. The summed E-state index contributed by atoms with van der Waals surface area (Å²) in [5, 5.41) is 18.4. The Morgan fingerprint density at radius 2 is 1.68 bits per heavy atom. The number of hydrogen-bond acceptors (Lipinski definition) is 6. The largest absolute Gasteiger partial charge is 0.497 e. The van der Waals surface area contributed by atoms with Crippen molar-refractivity contribution in [2.24, 2.45) is 15.9 Å². The van der Waals surface area contributed by atoms with Gasteiger partial charge in [-0.2, -0.15) is 4.99 Å². The highest BCUT2D eigenvalue weighted by molar-refractivity contribution is 6.20. The lowest BCUT2D eigenvalue weighted by Crippen LogP contribution is -2.46. The second-order valence-corrected chi connectivity index (χ2v) is 7.55. The molecule has 3 aromatic carbocycles. The minimum atomic E-state index is -0.744. The number of fused-ring (bicyclic) bond motifs is 3. The highest BCUT2D eigenvalue weighted by Gasteiger charge is 2.31. The van der Waals surface area contributed by atoms with Gasteiger partial charge in [0.05, 0.1) is 20.3 Å². The molecule has 31 heavy (non-hydrogen) atoms. The molecule has 0 bridgehead atoms. The number of ether oxygens (including phenoxy) is 2. The number of allylic oxidation sites excluding steroid dienone is 1. The number of rotatable bonds is 3. The van der Waals surface area contributed by atoms with Crippen LogP contribution in [0.15, 0.2) is 88.6 Å². The molecule has 3 unspecified atom stereocenters. The third-order valence-corrected chi connectivity index (χ3v) is 5.75. The molecule has 5 rings (SSSR count).